The number of rotatable bonds is 4. The van der Waals surface area contributed by atoms with Gasteiger partial charge in [-0.3, -0.25) is 4.79 Å². The van der Waals surface area contributed by atoms with Crippen molar-refractivity contribution in [1.29, 1.82) is 0 Å². The summed E-state index contributed by atoms with van der Waals surface area (Å²) in [6.45, 7) is 5.79. The molecule has 1 heterocycles. The Hall–Kier alpha value is -1.35. The molecule has 0 radical (unpaired) electrons. The van der Waals surface area contributed by atoms with E-state index in [1.165, 1.54) is 12.0 Å². The first-order chi connectivity index (χ1) is 9.61. The van der Waals surface area contributed by atoms with Gasteiger partial charge in [0, 0.05) is 25.6 Å². The Morgan fingerprint density at radius 2 is 2.10 bits per heavy atom. The van der Waals surface area contributed by atoms with Crippen LogP contribution >= 0.6 is 0 Å². The minimum Gasteiger partial charge on any atom is -0.341 e. The van der Waals surface area contributed by atoms with E-state index in [-0.39, 0.29) is 11.9 Å². The first-order valence-electron chi connectivity index (χ1n) is 7.70. The maximum atomic E-state index is 12.2. The predicted molar refractivity (Wildman–Crippen MR) is 82.3 cm³/mol. The van der Waals surface area contributed by atoms with Crippen molar-refractivity contribution in [3.05, 3.63) is 35.4 Å². The van der Waals surface area contributed by atoms with Gasteiger partial charge in [0.2, 0.25) is 5.91 Å². The van der Waals surface area contributed by atoms with E-state index >= 15 is 0 Å². The quantitative estimate of drug-likeness (QED) is 0.917. The lowest BCUT2D eigenvalue weighted by Crippen LogP contribution is -2.37. The zero-order valence-electron chi connectivity index (χ0n) is 12.6. The van der Waals surface area contributed by atoms with Crippen LogP contribution in [-0.2, 0) is 4.79 Å². The number of amides is 1. The number of carbonyl (C=O) groups excluding carboxylic acids is 1. The first-order valence-corrected chi connectivity index (χ1v) is 7.70. The molecule has 1 aromatic carbocycles. The van der Waals surface area contributed by atoms with E-state index in [1.807, 2.05) is 17.0 Å². The molecule has 0 bridgehead atoms. The van der Waals surface area contributed by atoms with Gasteiger partial charge in [-0.25, -0.2) is 0 Å². The molecule has 110 valence electrons. The highest BCUT2D eigenvalue weighted by molar-refractivity contribution is 5.76. The molecule has 0 saturated carbocycles. The van der Waals surface area contributed by atoms with Crippen molar-refractivity contribution in [2.75, 3.05) is 13.1 Å². The third kappa shape index (κ3) is 3.60. The molecule has 1 amide bonds. The highest BCUT2D eigenvalue weighted by Gasteiger charge is 2.23. The molecule has 2 atom stereocenters. The molecule has 0 spiro atoms. The second-order valence-electron chi connectivity index (χ2n) is 5.90. The number of hydrogen-bond acceptors (Lipinski definition) is 2. The van der Waals surface area contributed by atoms with Gasteiger partial charge in [-0.1, -0.05) is 37.6 Å². The molecule has 0 aromatic heterocycles. The molecule has 1 aromatic rings. The summed E-state index contributed by atoms with van der Waals surface area (Å²) in [7, 11) is 0. The summed E-state index contributed by atoms with van der Waals surface area (Å²) in [4.78, 5) is 14.2. The van der Waals surface area contributed by atoms with E-state index < -0.39 is 0 Å². The summed E-state index contributed by atoms with van der Waals surface area (Å²) in [5, 5.41) is 0. The average Bonchev–Trinajstić information content (AvgIpc) is 2.62. The lowest BCUT2D eigenvalue weighted by Gasteiger charge is -2.25. The Balaban J connectivity index is 2.01. The molecule has 1 saturated heterocycles. The molecule has 2 rings (SSSR count). The zero-order chi connectivity index (χ0) is 14.5. The molecule has 1 aliphatic heterocycles. The van der Waals surface area contributed by atoms with Crippen LogP contribution in [0.3, 0.4) is 0 Å². The van der Waals surface area contributed by atoms with Gasteiger partial charge in [0.05, 0.1) is 0 Å². The fourth-order valence-electron chi connectivity index (χ4n) is 3.03. The van der Waals surface area contributed by atoms with Gasteiger partial charge in [-0.2, -0.15) is 0 Å². The van der Waals surface area contributed by atoms with Gasteiger partial charge in [-0.15, -0.1) is 0 Å². The van der Waals surface area contributed by atoms with Crippen molar-refractivity contribution in [3.63, 3.8) is 0 Å². The molecular weight excluding hydrogens is 248 g/mol. The fourth-order valence-corrected chi connectivity index (χ4v) is 3.03. The Bertz CT molecular complexity index is 458. The van der Waals surface area contributed by atoms with Gasteiger partial charge < -0.3 is 10.6 Å². The number of likely N-dealkylation sites (tertiary alicyclic amines) is 1. The largest absolute Gasteiger partial charge is 0.341 e. The van der Waals surface area contributed by atoms with Crippen molar-refractivity contribution < 1.29 is 4.79 Å². The third-order valence-electron chi connectivity index (χ3n) is 4.51. The van der Waals surface area contributed by atoms with Crippen LogP contribution in [0.1, 0.15) is 49.8 Å². The van der Waals surface area contributed by atoms with E-state index in [4.69, 9.17) is 5.73 Å². The van der Waals surface area contributed by atoms with E-state index in [1.54, 1.807) is 0 Å². The van der Waals surface area contributed by atoms with Crippen LogP contribution in [0.5, 0.6) is 0 Å². The van der Waals surface area contributed by atoms with Crippen LogP contribution < -0.4 is 5.73 Å². The number of benzene rings is 1. The molecular formula is C17H26N2O. The van der Waals surface area contributed by atoms with E-state index in [0.717, 1.165) is 24.9 Å². The van der Waals surface area contributed by atoms with Crippen molar-refractivity contribution in [1.82, 2.24) is 4.90 Å². The lowest BCUT2D eigenvalue weighted by atomic mass is 9.98. The maximum absolute atomic E-state index is 12.2. The highest BCUT2D eigenvalue weighted by Crippen LogP contribution is 2.23. The fraction of sp³-hybridized carbons (Fsp3) is 0.588. The van der Waals surface area contributed by atoms with Crippen LogP contribution in [0.15, 0.2) is 24.3 Å². The number of carbonyl (C=O) groups is 1. The van der Waals surface area contributed by atoms with E-state index in [2.05, 4.69) is 26.0 Å². The molecule has 1 aliphatic rings. The normalized spacial score (nSPS) is 21.6. The molecule has 20 heavy (non-hydrogen) atoms. The van der Waals surface area contributed by atoms with E-state index in [0.29, 0.717) is 18.9 Å². The number of aryl methyl sites for hydroxylation is 1. The van der Waals surface area contributed by atoms with Crippen molar-refractivity contribution in [3.8, 4) is 0 Å². The third-order valence-corrected chi connectivity index (χ3v) is 4.51. The lowest BCUT2D eigenvalue weighted by molar-refractivity contribution is -0.130. The SMILES string of the molecule is CCC1CCC(=O)N(CC(N)c2ccccc2C)CC1. The van der Waals surface area contributed by atoms with Crippen molar-refractivity contribution in [2.45, 2.75) is 45.6 Å². The predicted octanol–water partition coefficient (Wildman–Crippen LogP) is 3.03. The summed E-state index contributed by atoms with van der Waals surface area (Å²) in [6, 6.07) is 8.09. The topological polar surface area (TPSA) is 46.3 Å². The van der Waals surface area contributed by atoms with E-state index in [9.17, 15) is 4.79 Å². The van der Waals surface area contributed by atoms with Gasteiger partial charge in [0.1, 0.15) is 0 Å². The minimum atomic E-state index is -0.0849. The molecule has 1 fully saturated rings. The Labute approximate surface area is 122 Å². The second-order valence-corrected chi connectivity index (χ2v) is 5.90. The van der Waals surface area contributed by atoms with Crippen LogP contribution in [0.25, 0.3) is 0 Å². The number of hydrogen-bond donors (Lipinski definition) is 1. The smallest absolute Gasteiger partial charge is 0.222 e. The maximum Gasteiger partial charge on any atom is 0.222 e. The van der Waals surface area contributed by atoms with Crippen LogP contribution in [0.2, 0.25) is 0 Å². The summed E-state index contributed by atoms with van der Waals surface area (Å²) >= 11 is 0. The number of nitrogens with two attached hydrogens (primary N) is 1. The van der Waals surface area contributed by atoms with Crippen LogP contribution in [0, 0.1) is 12.8 Å². The summed E-state index contributed by atoms with van der Waals surface area (Å²) in [5.41, 5.74) is 8.67. The summed E-state index contributed by atoms with van der Waals surface area (Å²) < 4.78 is 0. The zero-order valence-corrected chi connectivity index (χ0v) is 12.6. The molecule has 2 N–H and O–H groups in total. The second kappa shape index (κ2) is 6.89. The van der Waals surface area contributed by atoms with Gasteiger partial charge >= 0.3 is 0 Å². The van der Waals surface area contributed by atoms with Crippen LogP contribution in [0.4, 0.5) is 0 Å². The summed E-state index contributed by atoms with van der Waals surface area (Å²) in [6.07, 6.45) is 4.00. The highest BCUT2D eigenvalue weighted by atomic mass is 16.2. The number of nitrogens with zero attached hydrogens (tertiary/aromatic N) is 1. The Morgan fingerprint density at radius 3 is 2.80 bits per heavy atom. The van der Waals surface area contributed by atoms with Gasteiger partial charge in [-0.05, 0) is 36.8 Å². The first kappa shape index (κ1) is 15.0. The molecule has 0 aliphatic carbocycles. The molecule has 2 unspecified atom stereocenters. The van der Waals surface area contributed by atoms with Gasteiger partial charge in [0.25, 0.3) is 0 Å². The van der Waals surface area contributed by atoms with Crippen molar-refractivity contribution in [2.24, 2.45) is 11.7 Å². The standard InChI is InChI=1S/C17H26N2O/c1-3-14-8-9-17(20)19(11-10-14)12-16(18)15-7-5-4-6-13(15)2/h4-7,14,16H,3,8-12,18H2,1-2H3. The summed E-state index contributed by atoms with van der Waals surface area (Å²) in [5.74, 6) is 0.962. The Kier molecular flexibility index (Phi) is 5.18. The minimum absolute atomic E-state index is 0.0849. The average molecular weight is 274 g/mol. The monoisotopic (exact) mass is 274 g/mol. The van der Waals surface area contributed by atoms with Gasteiger partial charge in [0.15, 0.2) is 0 Å². The van der Waals surface area contributed by atoms with Crippen molar-refractivity contribution >= 4 is 5.91 Å². The molecule has 3 nitrogen and oxygen atoms in total. The molecule has 3 heteroatoms. The Morgan fingerprint density at radius 1 is 1.35 bits per heavy atom. The van der Waals surface area contributed by atoms with Crippen LogP contribution in [-0.4, -0.2) is 23.9 Å².